The minimum Gasteiger partial charge on any atom is -0.444 e. The van der Waals surface area contributed by atoms with Crippen molar-refractivity contribution in [2.45, 2.75) is 33.3 Å². The van der Waals surface area contributed by atoms with Crippen LogP contribution >= 0.6 is 0 Å². The molecule has 0 rings (SSSR count). The van der Waals surface area contributed by atoms with Crippen molar-refractivity contribution in [3.05, 3.63) is 12.7 Å². The fraction of sp³-hybridized carbons (Fsp3) is 0.636. The van der Waals surface area contributed by atoms with Crippen LogP contribution in [0.15, 0.2) is 12.7 Å². The third kappa shape index (κ3) is 15.0. The number of hydrogen-bond donors (Lipinski definition) is 2. The number of ether oxygens (including phenoxy) is 1. The fourth-order valence-electron chi connectivity index (χ4n) is 0.555. The van der Waals surface area contributed by atoms with Crippen LogP contribution in [0.25, 0.3) is 0 Å². The van der Waals surface area contributed by atoms with Gasteiger partial charge >= 0.3 is 6.09 Å². The van der Waals surface area contributed by atoms with E-state index in [2.05, 4.69) is 17.2 Å². The van der Waals surface area contributed by atoms with Crippen LogP contribution in [0.1, 0.15) is 27.7 Å². The summed E-state index contributed by atoms with van der Waals surface area (Å²) in [5.41, 5.74) is -0.535. The third-order valence-corrected chi connectivity index (χ3v) is 1.07. The van der Waals surface area contributed by atoms with E-state index in [-0.39, 0.29) is 12.5 Å². The molecule has 0 unspecified atom stereocenters. The monoisotopic (exact) mass is 230 g/mol. The number of nitrogens with one attached hydrogen (secondary N) is 2. The van der Waals surface area contributed by atoms with E-state index >= 15 is 0 Å². The van der Waals surface area contributed by atoms with Crippen LogP contribution < -0.4 is 10.6 Å². The van der Waals surface area contributed by atoms with Gasteiger partial charge in [0.25, 0.3) is 0 Å². The van der Waals surface area contributed by atoms with Gasteiger partial charge in [0.05, 0.1) is 6.54 Å². The first-order valence-electron chi connectivity index (χ1n) is 5.01. The minimum absolute atomic E-state index is 0.0641. The van der Waals surface area contributed by atoms with Crippen molar-refractivity contribution in [1.29, 1.82) is 0 Å². The number of rotatable bonds is 2. The summed E-state index contributed by atoms with van der Waals surface area (Å²) in [7, 11) is 1.50. The molecule has 2 N–H and O–H groups in total. The molecule has 0 aromatic rings. The lowest BCUT2D eigenvalue weighted by Gasteiger charge is -2.19. The third-order valence-electron chi connectivity index (χ3n) is 1.07. The maximum atomic E-state index is 11.0. The smallest absolute Gasteiger partial charge is 0.408 e. The zero-order valence-corrected chi connectivity index (χ0v) is 10.7. The lowest BCUT2D eigenvalue weighted by molar-refractivity contribution is -0.119. The van der Waals surface area contributed by atoms with Crippen molar-refractivity contribution in [3.63, 3.8) is 0 Å². The predicted molar refractivity (Wildman–Crippen MR) is 64.2 cm³/mol. The molecular weight excluding hydrogens is 208 g/mol. The Balaban J connectivity index is 0. The maximum Gasteiger partial charge on any atom is 0.408 e. The van der Waals surface area contributed by atoms with E-state index in [1.807, 2.05) is 6.92 Å². The van der Waals surface area contributed by atoms with Gasteiger partial charge < -0.3 is 15.4 Å². The molecule has 0 aliphatic rings. The Morgan fingerprint density at radius 2 is 1.81 bits per heavy atom. The van der Waals surface area contributed by atoms with Crippen LogP contribution in [0.2, 0.25) is 0 Å². The number of carbonyl (C=O) groups excluding carboxylic acids is 2. The Labute approximate surface area is 97.2 Å². The van der Waals surface area contributed by atoms with Gasteiger partial charge in [0, 0.05) is 7.05 Å². The Kier molecular flexibility index (Phi) is 9.25. The second-order valence-corrected chi connectivity index (χ2v) is 3.94. The molecule has 0 fully saturated rings. The number of carbonyl (C=O) groups is 2. The molecule has 5 nitrogen and oxygen atoms in total. The molecule has 0 aromatic heterocycles. The van der Waals surface area contributed by atoms with Crippen molar-refractivity contribution in [3.8, 4) is 0 Å². The SMILES string of the molecule is C=CC.CNC(=O)CNC(=O)OC(C)(C)C. The van der Waals surface area contributed by atoms with Crippen LogP contribution in [0.5, 0.6) is 0 Å². The summed E-state index contributed by atoms with van der Waals surface area (Å²) in [6.45, 7) is 10.5. The second kappa shape index (κ2) is 8.76. The largest absolute Gasteiger partial charge is 0.444 e. The van der Waals surface area contributed by atoms with Gasteiger partial charge in [0.15, 0.2) is 0 Å². The van der Waals surface area contributed by atoms with Crippen molar-refractivity contribution < 1.29 is 14.3 Å². The van der Waals surface area contributed by atoms with Crippen LogP contribution in [0, 0.1) is 0 Å². The molecule has 0 aliphatic carbocycles. The molecular formula is C11H22N2O3. The normalized spacial score (nSPS) is 9.31. The van der Waals surface area contributed by atoms with Crippen molar-refractivity contribution in [2.24, 2.45) is 0 Å². The highest BCUT2D eigenvalue weighted by molar-refractivity contribution is 5.81. The Morgan fingerprint density at radius 3 is 2.12 bits per heavy atom. The number of amides is 2. The highest BCUT2D eigenvalue weighted by Gasteiger charge is 2.15. The van der Waals surface area contributed by atoms with Crippen LogP contribution in [-0.2, 0) is 9.53 Å². The maximum absolute atomic E-state index is 11.0. The van der Waals surface area contributed by atoms with E-state index in [1.54, 1.807) is 26.8 Å². The van der Waals surface area contributed by atoms with E-state index in [0.717, 1.165) is 0 Å². The number of hydrogen-bond acceptors (Lipinski definition) is 3. The topological polar surface area (TPSA) is 67.4 Å². The van der Waals surface area contributed by atoms with Crippen molar-refractivity contribution >= 4 is 12.0 Å². The minimum atomic E-state index is -0.587. The van der Waals surface area contributed by atoms with Crippen LogP contribution in [-0.4, -0.2) is 31.2 Å². The molecule has 2 amide bonds. The van der Waals surface area contributed by atoms with Crippen molar-refractivity contribution in [1.82, 2.24) is 10.6 Å². The molecule has 0 heterocycles. The molecule has 0 bridgehead atoms. The van der Waals surface area contributed by atoms with E-state index < -0.39 is 11.7 Å². The van der Waals surface area contributed by atoms with Gasteiger partial charge in [-0.05, 0) is 27.7 Å². The van der Waals surface area contributed by atoms with E-state index in [1.165, 1.54) is 7.05 Å². The van der Waals surface area contributed by atoms with Gasteiger partial charge in [-0.15, -0.1) is 6.58 Å². The molecule has 0 aromatic carbocycles. The van der Waals surface area contributed by atoms with E-state index in [9.17, 15) is 9.59 Å². The van der Waals surface area contributed by atoms with Gasteiger partial charge in [-0.3, -0.25) is 4.79 Å². The molecule has 0 saturated heterocycles. The van der Waals surface area contributed by atoms with E-state index in [4.69, 9.17) is 4.74 Å². The van der Waals surface area contributed by atoms with Gasteiger partial charge in [-0.2, -0.15) is 0 Å². The quantitative estimate of drug-likeness (QED) is 0.705. The highest BCUT2D eigenvalue weighted by Crippen LogP contribution is 2.05. The van der Waals surface area contributed by atoms with Gasteiger partial charge in [0.1, 0.15) is 5.60 Å². The van der Waals surface area contributed by atoms with E-state index in [0.29, 0.717) is 0 Å². The highest BCUT2D eigenvalue weighted by atomic mass is 16.6. The predicted octanol–water partition coefficient (Wildman–Crippen LogP) is 1.45. The first-order valence-corrected chi connectivity index (χ1v) is 5.01. The van der Waals surface area contributed by atoms with Crippen molar-refractivity contribution in [2.75, 3.05) is 13.6 Å². The zero-order chi connectivity index (χ0) is 13.2. The molecule has 0 spiro atoms. The lowest BCUT2D eigenvalue weighted by atomic mass is 10.2. The summed E-state index contributed by atoms with van der Waals surface area (Å²) < 4.78 is 4.90. The molecule has 0 aliphatic heterocycles. The molecule has 94 valence electrons. The summed E-state index contributed by atoms with van der Waals surface area (Å²) in [5, 5.41) is 4.69. The lowest BCUT2D eigenvalue weighted by Crippen LogP contribution is -2.38. The Bertz CT molecular complexity index is 232. The first kappa shape index (κ1) is 16.9. The number of alkyl carbamates (subject to hydrolysis) is 1. The number of allylic oxidation sites excluding steroid dienone is 1. The second-order valence-electron chi connectivity index (χ2n) is 3.94. The van der Waals surface area contributed by atoms with Crippen LogP contribution in [0.3, 0.4) is 0 Å². The van der Waals surface area contributed by atoms with Gasteiger partial charge in [0.2, 0.25) is 5.91 Å². The van der Waals surface area contributed by atoms with Crippen LogP contribution in [0.4, 0.5) is 4.79 Å². The number of likely N-dealkylation sites (N-methyl/N-ethyl adjacent to an activating group) is 1. The summed E-state index contributed by atoms with van der Waals surface area (Å²) >= 11 is 0. The molecule has 0 atom stereocenters. The molecule has 0 radical (unpaired) electrons. The standard InChI is InChI=1S/C8H16N2O3.C3H6/c1-8(2,3)13-7(12)10-5-6(11)9-4;1-3-2/h5H2,1-4H3,(H,9,11)(H,10,12);3H,1H2,2H3. The molecule has 5 heteroatoms. The van der Waals surface area contributed by atoms with Gasteiger partial charge in [-0.25, -0.2) is 4.79 Å². The Hall–Kier alpha value is -1.52. The fourth-order valence-corrected chi connectivity index (χ4v) is 0.555. The summed E-state index contributed by atoms with van der Waals surface area (Å²) in [4.78, 5) is 21.7. The summed E-state index contributed by atoms with van der Waals surface area (Å²) in [6, 6.07) is 0. The zero-order valence-electron chi connectivity index (χ0n) is 10.7. The average Bonchev–Trinajstić information content (AvgIpc) is 2.12. The Morgan fingerprint density at radius 1 is 1.38 bits per heavy atom. The molecule has 0 saturated carbocycles. The summed E-state index contributed by atoms with van der Waals surface area (Å²) in [6.07, 6.45) is 1.16. The summed E-state index contributed by atoms with van der Waals surface area (Å²) in [5.74, 6) is -0.258. The van der Waals surface area contributed by atoms with Gasteiger partial charge in [-0.1, -0.05) is 6.08 Å². The first-order chi connectivity index (χ1) is 7.26. The molecule has 16 heavy (non-hydrogen) atoms. The average molecular weight is 230 g/mol.